The summed E-state index contributed by atoms with van der Waals surface area (Å²) in [5.74, 6) is -0.204. The van der Waals surface area contributed by atoms with Crippen molar-refractivity contribution < 1.29 is 14.6 Å². The van der Waals surface area contributed by atoms with Crippen molar-refractivity contribution in [3.63, 3.8) is 0 Å². The van der Waals surface area contributed by atoms with E-state index >= 15 is 0 Å². The lowest BCUT2D eigenvalue weighted by atomic mass is 9.88. The van der Waals surface area contributed by atoms with Crippen molar-refractivity contribution >= 4 is 29.1 Å². The summed E-state index contributed by atoms with van der Waals surface area (Å²) in [6, 6.07) is 16.9. The second kappa shape index (κ2) is 11.4. The number of amides is 1. The molecule has 3 heterocycles. The van der Waals surface area contributed by atoms with Gasteiger partial charge in [0.05, 0.1) is 22.9 Å². The first kappa shape index (κ1) is 29.0. The predicted molar refractivity (Wildman–Crippen MR) is 158 cm³/mol. The summed E-state index contributed by atoms with van der Waals surface area (Å²) >= 11 is 12.3. The van der Waals surface area contributed by atoms with Crippen LogP contribution in [0.25, 0.3) is 0 Å². The van der Waals surface area contributed by atoms with E-state index < -0.39 is 11.3 Å². The zero-order valence-electron chi connectivity index (χ0n) is 23.4. The zero-order valence-corrected chi connectivity index (χ0v) is 24.9. The van der Waals surface area contributed by atoms with Crippen LogP contribution in [0, 0.1) is 0 Å². The molecule has 2 aliphatic rings. The molecule has 40 heavy (non-hydrogen) atoms. The lowest BCUT2D eigenvalue weighted by Crippen LogP contribution is -2.46. The van der Waals surface area contributed by atoms with E-state index in [4.69, 9.17) is 27.9 Å². The Balaban J connectivity index is 1.52. The van der Waals surface area contributed by atoms with Gasteiger partial charge in [-0.15, -0.1) is 0 Å². The molecule has 9 heteroatoms. The van der Waals surface area contributed by atoms with Gasteiger partial charge in [0.25, 0.3) is 5.91 Å². The van der Waals surface area contributed by atoms with Crippen LogP contribution >= 0.6 is 23.2 Å². The SMILES string of the molecule is CO[C@]1(c2ccc(Cl)cc2)c2ccc(C(C)(O)CN(C)C3CCN(C)CC3)cc2C(=O)N1Cc1ccc(Cl)cn1. The molecule has 2 aliphatic heterocycles. The molecule has 1 fully saturated rings. The lowest BCUT2D eigenvalue weighted by molar-refractivity contribution is -0.0868. The van der Waals surface area contributed by atoms with E-state index in [1.165, 1.54) is 0 Å². The van der Waals surface area contributed by atoms with Gasteiger partial charge in [0.1, 0.15) is 0 Å². The van der Waals surface area contributed by atoms with E-state index in [2.05, 4.69) is 28.9 Å². The minimum atomic E-state index is -1.20. The first-order chi connectivity index (χ1) is 19.0. The smallest absolute Gasteiger partial charge is 0.257 e. The molecule has 1 amide bonds. The summed E-state index contributed by atoms with van der Waals surface area (Å²) in [5, 5.41) is 12.8. The van der Waals surface area contributed by atoms with Crippen molar-refractivity contribution in [2.45, 2.75) is 43.7 Å². The average molecular weight is 584 g/mol. The summed E-state index contributed by atoms with van der Waals surface area (Å²) in [4.78, 5) is 24.8. The van der Waals surface area contributed by atoms with E-state index in [0.717, 1.165) is 31.5 Å². The molecule has 7 nitrogen and oxygen atoms in total. The highest BCUT2D eigenvalue weighted by Crippen LogP contribution is 2.47. The molecule has 5 rings (SSSR count). The van der Waals surface area contributed by atoms with Gasteiger partial charge in [-0.3, -0.25) is 14.7 Å². The summed E-state index contributed by atoms with van der Waals surface area (Å²) in [5.41, 5.74) is 0.967. The summed E-state index contributed by atoms with van der Waals surface area (Å²) in [6.45, 7) is 4.57. The van der Waals surface area contributed by atoms with Crippen LogP contribution in [0.2, 0.25) is 10.0 Å². The number of halogens is 2. The first-order valence-corrected chi connectivity index (χ1v) is 14.3. The van der Waals surface area contributed by atoms with Crippen LogP contribution in [0.4, 0.5) is 0 Å². The molecule has 0 spiro atoms. The van der Waals surface area contributed by atoms with Gasteiger partial charge in [0.15, 0.2) is 5.72 Å². The molecule has 2 aromatic carbocycles. The second-order valence-electron chi connectivity index (χ2n) is 11.2. The Hall–Kier alpha value is -2.52. The van der Waals surface area contributed by atoms with Crippen LogP contribution in [-0.4, -0.2) is 77.6 Å². The fourth-order valence-electron chi connectivity index (χ4n) is 6.10. The van der Waals surface area contributed by atoms with Crippen LogP contribution in [0.15, 0.2) is 60.8 Å². The van der Waals surface area contributed by atoms with E-state index in [1.54, 1.807) is 42.5 Å². The summed E-state index contributed by atoms with van der Waals surface area (Å²) in [7, 11) is 5.81. The maximum atomic E-state index is 14.1. The molecule has 3 aromatic rings. The number of likely N-dealkylation sites (N-methyl/N-ethyl adjacent to an activating group) is 1. The first-order valence-electron chi connectivity index (χ1n) is 13.5. The number of aromatic nitrogens is 1. The quantitative estimate of drug-likeness (QED) is 0.397. The van der Waals surface area contributed by atoms with Crippen molar-refractivity contribution in [2.24, 2.45) is 0 Å². The van der Waals surface area contributed by atoms with E-state index in [-0.39, 0.29) is 12.5 Å². The maximum absolute atomic E-state index is 14.1. The van der Waals surface area contributed by atoms with Gasteiger partial charge in [0, 0.05) is 47.6 Å². The molecule has 212 valence electrons. The van der Waals surface area contributed by atoms with Crippen LogP contribution in [-0.2, 0) is 22.6 Å². The highest BCUT2D eigenvalue weighted by Gasteiger charge is 2.52. The van der Waals surface area contributed by atoms with Crippen LogP contribution in [0.5, 0.6) is 0 Å². The van der Waals surface area contributed by atoms with Crippen LogP contribution in [0.1, 0.15) is 52.5 Å². The van der Waals surface area contributed by atoms with E-state index in [1.807, 2.05) is 37.3 Å². The molecule has 1 unspecified atom stereocenters. The van der Waals surface area contributed by atoms with Crippen LogP contribution in [0.3, 0.4) is 0 Å². The van der Waals surface area contributed by atoms with Crippen molar-refractivity contribution in [1.29, 1.82) is 0 Å². The van der Waals surface area contributed by atoms with Gasteiger partial charge in [-0.05, 0) is 82.8 Å². The second-order valence-corrected chi connectivity index (χ2v) is 12.1. The fraction of sp³-hybridized carbons (Fsp3) is 0.419. The molecule has 1 N–H and O–H groups in total. The molecule has 2 atom stereocenters. The molecule has 1 saturated heterocycles. The maximum Gasteiger partial charge on any atom is 0.257 e. The highest BCUT2D eigenvalue weighted by atomic mass is 35.5. The molecular formula is C31H36Cl2N4O3. The minimum absolute atomic E-state index is 0.200. The Morgan fingerprint density at radius 3 is 2.40 bits per heavy atom. The van der Waals surface area contributed by atoms with Crippen molar-refractivity contribution in [2.75, 3.05) is 40.8 Å². The number of rotatable bonds is 8. The monoisotopic (exact) mass is 582 g/mol. The Bertz CT molecular complexity index is 1360. The number of hydrogen-bond donors (Lipinski definition) is 1. The topological polar surface area (TPSA) is 69.1 Å². The molecule has 0 aliphatic carbocycles. The number of hydrogen-bond acceptors (Lipinski definition) is 6. The zero-order chi connectivity index (χ0) is 28.7. The third kappa shape index (κ3) is 5.39. The minimum Gasteiger partial charge on any atom is -0.384 e. The van der Waals surface area contributed by atoms with Gasteiger partial charge in [0.2, 0.25) is 0 Å². The molecule has 1 aromatic heterocycles. The number of aliphatic hydroxyl groups is 1. The van der Waals surface area contributed by atoms with Crippen molar-refractivity contribution in [3.05, 3.63) is 98.8 Å². The fourth-order valence-corrected chi connectivity index (χ4v) is 6.34. The summed E-state index contributed by atoms with van der Waals surface area (Å²) < 4.78 is 6.24. The molecule has 0 bridgehead atoms. The van der Waals surface area contributed by atoms with Crippen molar-refractivity contribution in [3.8, 4) is 0 Å². The largest absolute Gasteiger partial charge is 0.384 e. The van der Waals surface area contributed by atoms with Gasteiger partial charge < -0.3 is 19.6 Å². The van der Waals surface area contributed by atoms with Crippen LogP contribution < -0.4 is 0 Å². The molecule has 0 saturated carbocycles. The normalized spacial score (nSPS) is 21.6. The van der Waals surface area contributed by atoms with Crippen molar-refractivity contribution in [1.82, 2.24) is 19.7 Å². The number of carbonyl (C=O) groups excluding carboxylic acids is 1. The van der Waals surface area contributed by atoms with E-state index in [0.29, 0.717) is 45.0 Å². The number of pyridine rings is 1. The average Bonchev–Trinajstić information content (AvgIpc) is 3.17. The Kier molecular flexibility index (Phi) is 8.26. The third-order valence-electron chi connectivity index (χ3n) is 8.37. The predicted octanol–water partition coefficient (Wildman–Crippen LogP) is 5.13. The van der Waals surface area contributed by atoms with Gasteiger partial charge in [-0.2, -0.15) is 0 Å². The summed E-state index contributed by atoms with van der Waals surface area (Å²) in [6.07, 6.45) is 3.70. The lowest BCUT2D eigenvalue weighted by Gasteiger charge is -2.39. The highest BCUT2D eigenvalue weighted by molar-refractivity contribution is 6.30. The standard InChI is InChI=1S/C31H36Cl2N4O3/c1-30(39,20-36(3)26-13-15-35(2)16-14-26)22-7-12-28-27(17-22)29(38)37(19-25-11-10-24(33)18-34-25)31(28,40-4)21-5-8-23(32)9-6-21/h5-12,17-18,26,39H,13-16,19-20H2,1-4H3/t30?,31-/m1/s1. The Morgan fingerprint density at radius 1 is 1.10 bits per heavy atom. The Morgan fingerprint density at radius 2 is 1.77 bits per heavy atom. The number of fused-ring (bicyclic) bond motifs is 1. The van der Waals surface area contributed by atoms with Gasteiger partial charge in [-0.1, -0.05) is 47.5 Å². The Labute approximate surface area is 246 Å². The van der Waals surface area contributed by atoms with Gasteiger partial charge in [-0.25, -0.2) is 0 Å². The molecular weight excluding hydrogens is 547 g/mol. The molecule has 0 radical (unpaired) electrons. The number of nitrogens with zero attached hydrogens (tertiary/aromatic N) is 4. The third-order valence-corrected chi connectivity index (χ3v) is 8.85. The number of likely N-dealkylation sites (tertiary alicyclic amines) is 1. The van der Waals surface area contributed by atoms with E-state index in [9.17, 15) is 9.90 Å². The number of benzene rings is 2. The number of methoxy groups -OCH3 is 1. The number of ether oxygens (including phenoxy) is 1. The number of piperidine rings is 1. The number of carbonyl (C=O) groups is 1. The van der Waals surface area contributed by atoms with Gasteiger partial charge >= 0.3 is 0 Å².